The Hall–Kier alpha value is -1.92. The van der Waals surface area contributed by atoms with Gasteiger partial charge in [-0.15, -0.1) is 0 Å². The van der Waals surface area contributed by atoms with Gasteiger partial charge in [0.1, 0.15) is 12.1 Å². The lowest BCUT2D eigenvalue weighted by Gasteiger charge is -2.40. The predicted molar refractivity (Wildman–Crippen MR) is 95.0 cm³/mol. The van der Waals surface area contributed by atoms with E-state index in [9.17, 15) is 9.59 Å². The standard InChI is InChI=1S/C19H27N3O3/c1-20(2)19(24)17(15-7-4-3-5-8-15)21-10-12-22(13-11-21)18(23)16-9-6-14-25-16/h3-5,7-8,16-17H,6,9-14H2,1-2H3. The van der Waals surface area contributed by atoms with Crippen LogP contribution in [0.2, 0.25) is 0 Å². The number of carbonyl (C=O) groups excluding carboxylic acids is 2. The van der Waals surface area contributed by atoms with Gasteiger partial charge >= 0.3 is 0 Å². The van der Waals surface area contributed by atoms with E-state index < -0.39 is 0 Å². The summed E-state index contributed by atoms with van der Waals surface area (Å²) in [5.41, 5.74) is 1.00. The van der Waals surface area contributed by atoms with E-state index in [2.05, 4.69) is 4.90 Å². The zero-order chi connectivity index (χ0) is 17.8. The molecule has 2 amide bonds. The molecule has 0 aromatic heterocycles. The van der Waals surface area contributed by atoms with E-state index in [-0.39, 0.29) is 24.0 Å². The molecule has 136 valence electrons. The maximum absolute atomic E-state index is 12.8. The lowest BCUT2D eigenvalue weighted by molar-refractivity contribution is -0.144. The number of likely N-dealkylation sites (N-methyl/N-ethyl adjacent to an activating group) is 1. The number of benzene rings is 1. The molecule has 1 aromatic rings. The highest BCUT2D eigenvalue weighted by molar-refractivity contribution is 5.83. The largest absolute Gasteiger partial charge is 0.368 e. The summed E-state index contributed by atoms with van der Waals surface area (Å²) in [6.07, 6.45) is 1.52. The van der Waals surface area contributed by atoms with E-state index in [4.69, 9.17) is 4.74 Å². The topological polar surface area (TPSA) is 53.1 Å². The monoisotopic (exact) mass is 345 g/mol. The van der Waals surface area contributed by atoms with Crippen molar-refractivity contribution < 1.29 is 14.3 Å². The average Bonchev–Trinajstić information content (AvgIpc) is 3.17. The van der Waals surface area contributed by atoms with Crippen LogP contribution < -0.4 is 0 Å². The first kappa shape index (κ1) is 17.9. The fourth-order valence-electron chi connectivity index (χ4n) is 3.57. The summed E-state index contributed by atoms with van der Waals surface area (Å²) < 4.78 is 5.52. The number of ether oxygens (including phenoxy) is 1. The molecular weight excluding hydrogens is 318 g/mol. The Labute approximate surface area is 149 Å². The van der Waals surface area contributed by atoms with Crippen LogP contribution in [0.3, 0.4) is 0 Å². The molecule has 2 saturated heterocycles. The minimum absolute atomic E-state index is 0.0742. The number of amides is 2. The van der Waals surface area contributed by atoms with Gasteiger partial charge in [0.15, 0.2) is 0 Å². The van der Waals surface area contributed by atoms with Crippen LogP contribution in [0, 0.1) is 0 Å². The van der Waals surface area contributed by atoms with Crippen LogP contribution in [0.1, 0.15) is 24.4 Å². The van der Waals surface area contributed by atoms with Crippen molar-refractivity contribution in [3.63, 3.8) is 0 Å². The van der Waals surface area contributed by atoms with Gasteiger partial charge in [0, 0.05) is 46.9 Å². The fraction of sp³-hybridized carbons (Fsp3) is 0.579. The highest BCUT2D eigenvalue weighted by Gasteiger charge is 2.34. The molecule has 6 heteroatoms. The summed E-state index contributed by atoms with van der Waals surface area (Å²) in [6, 6.07) is 9.58. The predicted octanol–water partition coefficient (Wildman–Crippen LogP) is 1.14. The third-order valence-electron chi connectivity index (χ3n) is 4.99. The second-order valence-electron chi connectivity index (χ2n) is 6.91. The molecule has 0 N–H and O–H groups in total. The van der Waals surface area contributed by atoms with Crippen LogP contribution in [0.15, 0.2) is 30.3 Å². The van der Waals surface area contributed by atoms with E-state index in [0.29, 0.717) is 32.8 Å². The van der Waals surface area contributed by atoms with Gasteiger partial charge < -0.3 is 14.5 Å². The van der Waals surface area contributed by atoms with Crippen molar-refractivity contribution in [3.05, 3.63) is 35.9 Å². The van der Waals surface area contributed by atoms with Crippen LogP contribution in [0.4, 0.5) is 0 Å². The first-order valence-electron chi connectivity index (χ1n) is 8.98. The smallest absolute Gasteiger partial charge is 0.251 e. The fourth-order valence-corrected chi connectivity index (χ4v) is 3.57. The van der Waals surface area contributed by atoms with Crippen molar-refractivity contribution >= 4 is 11.8 Å². The molecule has 6 nitrogen and oxygen atoms in total. The van der Waals surface area contributed by atoms with Gasteiger partial charge in [0.05, 0.1) is 0 Å². The average molecular weight is 345 g/mol. The zero-order valence-electron chi connectivity index (χ0n) is 15.1. The Balaban J connectivity index is 1.67. The molecule has 2 unspecified atom stereocenters. The molecule has 25 heavy (non-hydrogen) atoms. The van der Waals surface area contributed by atoms with Gasteiger partial charge in [-0.2, -0.15) is 0 Å². The van der Waals surface area contributed by atoms with Crippen molar-refractivity contribution in [1.29, 1.82) is 0 Å². The molecule has 2 aliphatic heterocycles. The second kappa shape index (κ2) is 7.97. The first-order chi connectivity index (χ1) is 12.1. The van der Waals surface area contributed by atoms with E-state index >= 15 is 0 Å². The molecule has 0 aliphatic carbocycles. The van der Waals surface area contributed by atoms with E-state index in [1.165, 1.54) is 0 Å². The van der Waals surface area contributed by atoms with Crippen LogP contribution in [-0.2, 0) is 14.3 Å². The van der Waals surface area contributed by atoms with Gasteiger partial charge in [-0.3, -0.25) is 14.5 Å². The number of piperazine rings is 1. The quantitative estimate of drug-likeness (QED) is 0.821. The lowest BCUT2D eigenvalue weighted by Crippen LogP contribution is -2.54. The molecule has 0 saturated carbocycles. The van der Waals surface area contributed by atoms with Crippen LogP contribution in [-0.4, -0.2) is 79.5 Å². The SMILES string of the molecule is CN(C)C(=O)C(c1ccccc1)N1CCN(C(=O)C2CCCO2)CC1. The van der Waals surface area contributed by atoms with Crippen molar-refractivity contribution in [3.8, 4) is 0 Å². The number of rotatable bonds is 4. The molecule has 2 atom stereocenters. The molecular formula is C19H27N3O3. The van der Waals surface area contributed by atoms with Gasteiger partial charge in [-0.05, 0) is 18.4 Å². The molecule has 2 fully saturated rings. The summed E-state index contributed by atoms with van der Waals surface area (Å²) in [5.74, 6) is 0.178. The second-order valence-corrected chi connectivity index (χ2v) is 6.91. The molecule has 0 spiro atoms. The third-order valence-corrected chi connectivity index (χ3v) is 4.99. The summed E-state index contributed by atoms with van der Waals surface area (Å²) in [4.78, 5) is 30.9. The summed E-state index contributed by atoms with van der Waals surface area (Å²) in [6.45, 7) is 3.35. The normalized spacial score (nSPS) is 22.6. The lowest BCUT2D eigenvalue weighted by atomic mass is 10.0. The number of hydrogen-bond donors (Lipinski definition) is 0. The molecule has 0 bridgehead atoms. The first-order valence-corrected chi connectivity index (χ1v) is 8.98. The number of carbonyl (C=O) groups is 2. The minimum Gasteiger partial charge on any atom is -0.368 e. The van der Waals surface area contributed by atoms with Gasteiger partial charge in [-0.1, -0.05) is 30.3 Å². The molecule has 3 rings (SSSR count). The van der Waals surface area contributed by atoms with E-state index in [0.717, 1.165) is 18.4 Å². The summed E-state index contributed by atoms with van der Waals surface area (Å²) >= 11 is 0. The molecule has 2 heterocycles. The Morgan fingerprint density at radius 1 is 1.12 bits per heavy atom. The Bertz CT molecular complexity index is 591. The zero-order valence-corrected chi connectivity index (χ0v) is 15.1. The minimum atomic E-state index is -0.295. The third kappa shape index (κ3) is 4.02. The Kier molecular flexibility index (Phi) is 5.71. The van der Waals surface area contributed by atoms with E-state index in [1.54, 1.807) is 19.0 Å². The number of hydrogen-bond acceptors (Lipinski definition) is 4. The van der Waals surface area contributed by atoms with Crippen LogP contribution in [0.5, 0.6) is 0 Å². The molecule has 1 aromatic carbocycles. The van der Waals surface area contributed by atoms with Crippen molar-refractivity contribution in [2.24, 2.45) is 0 Å². The van der Waals surface area contributed by atoms with Crippen LogP contribution >= 0.6 is 0 Å². The van der Waals surface area contributed by atoms with Gasteiger partial charge in [-0.25, -0.2) is 0 Å². The summed E-state index contributed by atoms with van der Waals surface area (Å²) in [5, 5.41) is 0. The maximum atomic E-state index is 12.8. The highest BCUT2D eigenvalue weighted by atomic mass is 16.5. The molecule has 2 aliphatic rings. The molecule has 0 radical (unpaired) electrons. The van der Waals surface area contributed by atoms with Crippen molar-refractivity contribution in [2.45, 2.75) is 25.0 Å². The van der Waals surface area contributed by atoms with E-state index in [1.807, 2.05) is 35.2 Å². The van der Waals surface area contributed by atoms with Gasteiger partial charge in [0.2, 0.25) is 5.91 Å². The van der Waals surface area contributed by atoms with Crippen molar-refractivity contribution in [2.75, 3.05) is 46.9 Å². The maximum Gasteiger partial charge on any atom is 0.251 e. The van der Waals surface area contributed by atoms with Crippen LogP contribution in [0.25, 0.3) is 0 Å². The van der Waals surface area contributed by atoms with Gasteiger partial charge in [0.25, 0.3) is 5.91 Å². The summed E-state index contributed by atoms with van der Waals surface area (Å²) in [7, 11) is 3.57. The highest BCUT2D eigenvalue weighted by Crippen LogP contribution is 2.25. The van der Waals surface area contributed by atoms with Crippen molar-refractivity contribution in [1.82, 2.24) is 14.7 Å². The Morgan fingerprint density at radius 3 is 2.36 bits per heavy atom. The Morgan fingerprint density at radius 2 is 1.80 bits per heavy atom. The number of nitrogens with zero attached hydrogens (tertiary/aromatic N) is 3.